The number of carbonyl (C=O) groups is 1. The van der Waals surface area contributed by atoms with Gasteiger partial charge >= 0.3 is 0 Å². The Morgan fingerprint density at radius 3 is 2.45 bits per heavy atom. The molecular weight excluding hydrogens is 278 g/mol. The molecule has 114 valence electrons. The van der Waals surface area contributed by atoms with Gasteiger partial charge in [-0.2, -0.15) is 0 Å². The van der Waals surface area contributed by atoms with E-state index in [1.807, 2.05) is 29.4 Å². The second-order valence-corrected chi connectivity index (χ2v) is 5.33. The Morgan fingerprint density at radius 2 is 1.77 bits per heavy atom. The Bertz CT molecular complexity index is 596. The highest BCUT2D eigenvalue weighted by molar-refractivity contribution is 5.92. The molecule has 0 N–H and O–H groups in total. The Morgan fingerprint density at radius 1 is 1.00 bits per heavy atom. The Labute approximate surface area is 129 Å². The molecule has 1 aliphatic heterocycles. The van der Waals surface area contributed by atoms with Crippen molar-refractivity contribution < 1.29 is 4.79 Å². The summed E-state index contributed by atoms with van der Waals surface area (Å²) < 4.78 is 0. The quantitative estimate of drug-likeness (QED) is 0.838. The van der Waals surface area contributed by atoms with Crippen molar-refractivity contribution in [2.45, 2.75) is 6.42 Å². The van der Waals surface area contributed by atoms with Crippen molar-refractivity contribution in [3.8, 4) is 0 Å². The first-order valence-electron chi connectivity index (χ1n) is 7.49. The van der Waals surface area contributed by atoms with E-state index in [4.69, 9.17) is 0 Å². The molecule has 6 heteroatoms. The zero-order chi connectivity index (χ0) is 15.2. The molecule has 1 saturated heterocycles. The van der Waals surface area contributed by atoms with Crippen molar-refractivity contribution in [3.63, 3.8) is 0 Å². The first-order valence-corrected chi connectivity index (χ1v) is 7.49. The lowest BCUT2D eigenvalue weighted by molar-refractivity contribution is 0.0632. The SMILES string of the molecule is O=C(c1cnccn1)N1CCN(CCc2ccncc2)CC1. The summed E-state index contributed by atoms with van der Waals surface area (Å²) in [5.41, 5.74) is 1.72. The third-order valence-electron chi connectivity index (χ3n) is 3.91. The molecule has 0 bridgehead atoms. The number of aromatic nitrogens is 3. The van der Waals surface area contributed by atoms with Gasteiger partial charge in [0, 0.05) is 57.5 Å². The van der Waals surface area contributed by atoms with Gasteiger partial charge in [-0.05, 0) is 24.1 Å². The van der Waals surface area contributed by atoms with Crippen molar-refractivity contribution >= 4 is 5.91 Å². The Kier molecular flexibility index (Phi) is 4.70. The van der Waals surface area contributed by atoms with Crippen LogP contribution in [0.5, 0.6) is 0 Å². The molecule has 1 aliphatic rings. The van der Waals surface area contributed by atoms with Crippen LogP contribution in [0.15, 0.2) is 43.1 Å². The number of carbonyl (C=O) groups excluding carboxylic acids is 1. The number of piperazine rings is 1. The van der Waals surface area contributed by atoms with Crippen LogP contribution < -0.4 is 0 Å². The number of rotatable bonds is 4. The molecule has 0 aromatic carbocycles. The van der Waals surface area contributed by atoms with Crippen molar-refractivity contribution in [1.82, 2.24) is 24.8 Å². The standard InChI is InChI=1S/C16H19N5O/c22-16(15-13-18-6-7-19-15)21-11-9-20(10-12-21)8-3-14-1-4-17-5-2-14/h1-2,4-7,13H,3,8-12H2. The maximum Gasteiger partial charge on any atom is 0.274 e. The van der Waals surface area contributed by atoms with Gasteiger partial charge in [-0.25, -0.2) is 4.98 Å². The van der Waals surface area contributed by atoms with Crippen LogP contribution in [-0.2, 0) is 6.42 Å². The van der Waals surface area contributed by atoms with Crippen molar-refractivity contribution in [1.29, 1.82) is 0 Å². The summed E-state index contributed by atoms with van der Waals surface area (Å²) in [5, 5.41) is 0. The summed E-state index contributed by atoms with van der Waals surface area (Å²) in [7, 11) is 0. The van der Waals surface area contributed by atoms with Crippen LogP contribution in [0.2, 0.25) is 0 Å². The third-order valence-corrected chi connectivity index (χ3v) is 3.91. The van der Waals surface area contributed by atoms with Crippen molar-refractivity contribution in [2.24, 2.45) is 0 Å². The van der Waals surface area contributed by atoms with Crippen LogP contribution in [-0.4, -0.2) is 63.4 Å². The number of pyridine rings is 1. The smallest absolute Gasteiger partial charge is 0.274 e. The van der Waals surface area contributed by atoms with Crippen LogP contribution >= 0.6 is 0 Å². The molecule has 0 spiro atoms. The van der Waals surface area contributed by atoms with Gasteiger partial charge in [0.25, 0.3) is 5.91 Å². The van der Waals surface area contributed by atoms with Crippen LogP contribution in [0, 0.1) is 0 Å². The van der Waals surface area contributed by atoms with Gasteiger partial charge in [0.1, 0.15) is 5.69 Å². The summed E-state index contributed by atoms with van der Waals surface area (Å²) in [4.78, 5) is 28.6. The van der Waals surface area contributed by atoms with Gasteiger partial charge in [-0.1, -0.05) is 0 Å². The average molecular weight is 297 g/mol. The second-order valence-electron chi connectivity index (χ2n) is 5.33. The monoisotopic (exact) mass is 297 g/mol. The van der Waals surface area contributed by atoms with E-state index >= 15 is 0 Å². The summed E-state index contributed by atoms with van der Waals surface area (Å²) >= 11 is 0. The number of nitrogens with zero attached hydrogens (tertiary/aromatic N) is 5. The van der Waals surface area contributed by atoms with Crippen molar-refractivity contribution in [3.05, 3.63) is 54.4 Å². The second kappa shape index (κ2) is 7.09. The highest BCUT2D eigenvalue weighted by atomic mass is 16.2. The molecule has 1 fully saturated rings. The first kappa shape index (κ1) is 14.6. The minimum atomic E-state index is -0.0260. The van der Waals surface area contributed by atoms with Gasteiger partial charge in [-0.3, -0.25) is 19.7 Å². The highest BCUT2D eigenvalue weighted by Gasteiger charge is 2.22. The van der Waals surface area contributed by atoms with Crippen LogP contribution in [0.1, 0.15) is 16.1 Å². The molecule has 0 atom stereocenters. The lowest BCUT2D eigenvalue weighted by Gasteiger charge is -2.34. The number of hydrogen-bond donors (Lipinski definition) is 0. The predicted octanol–water partition coefficient (Wildman–Crippen LogP) is 0.872. The zero-order valence-corrected chi connectivity index (χ0v) is 12.4. The van der Waals surface area contributed by atoms with E-state index in [0.29, 0.717) is 5.69 Å². The van der Waals surface area contributed by atoms with Gasteiger partial charge in [0.05, 0.1) is 6.20 Å². The fraction of sp³-hybridized carbons (Fsp3) is 0.375. The van der Waals surface area contributed by atoms with Gasteiger partial charge in [0.15, 0.2) is 0 Å². The summed E-state index contributed by atoms with van der Waals surface area (Å²) in [6.45, 7) is 4.29. The average Bonchev–Trinajstić information content (AvgIpc) is 2.61. The molecule has 2 aromatic rings. The molecule has 0 aliphatic carbocycles. The molecule has 2 aromatic heterocycles. The molecule has 0 saturated carbocycles. The van der Waals surface area contributed by atoms with Gasteiger partial charge in [0.2, 0.25) is 0 Å². The fourth-order valence-corrected chi connectivity index (χ4v) is 2.58. The highest BCUT2D eigenvalue weighted by Crippen LogP contribution is 2.07. The molecule has 1 amide bonds. The molecule has 0 unspecified atom stereocenters. The van der Waals surface area contributed by atoms with Crippen molar-refractivity contribution in [2.75, 3.05) is 32.7 Å². The predicted molar refractivity (Wildman–Crippen MR) is 82.3 cm³/mol. The molecule has 3 rings (SSSR count). The topological polar surface area (TPSA) is 62.2 Å². The van der Waals surface area contributed by atoms with E-state index in [-0.39, 0.29) is 5.91 Å². The fourth-order valence-electron chi connectivity index (χ4n) is 2.58. The maximum absolute atomic E-state index is 12.3. The lowest BCUT2D eigenvalue weighted by Crippen LogP contribution is -2.49. The Balaban J connectivity index is 1.47. The van der Waals surface area contributed by atoms with Gasteiger partial charge in [-0.15, -0.1) is 0 Å². The normalized spacial score (nSPS) is 15.7. The van der Waals surface area contributed by atoms with Crippen LogP contribution in [0.4, 0.5) is 0 Å². The molecular formula is C16H19N5O. The van der Waals surface area contributed by atoms with E-state index in [0.717, 1.165) is 39.1 Å². The summed E-state index contributed by atoms with van der Waals surface area (Å²) in [6, 6.07) is 4.10. The van der Waals surface area contributed by atoms with Crippen LogP contribution in [0.25, 0.3) is 0 Å². The molecule has 3 heterocycles. The van der Waals surface area contributed by atoms with E-state index < -0.39 is 0 Å². The lowest BCUT2D eigenvalue weighted by atomic mass is 10.2. The summed E-state index contributed by atoms with van der Waals surface area (Å²) in [6.07, 6.45) is 9.32. The molecule has 6 nitrogen and oxygen atoms in total. The van der Waals surface area contributed by atoms with E-state index in [9.17, 15) is 4.79 Å². The zero-order valence-electron chi connectivity index (χ0n) is 12.4. The number of amides is 1. The molecule has 0 radical (unpaired) electrons. The Hall–Kier alpha value is -2.34. The third kappa shape index (κ3) is 3.65. The first-order chi connectivity index (χ1) is 10.8. The minimum absolute atomic E-state index is 0.0260. The van der Waals surface area contributed by atoms with E-state index in [1.165, 1.54) is 11.8 Å². The minimum Gasteiger partial charge on any atom is -0.335 e. The molecule has 22 heavy (non-hydrogen) atoms. The maximum atomic E-state index is 12.3. The number of hydrogen-bond acceptors (Lipinski definition) is 5. The van der Waals surface area contributed by atoms with Gasteiger partial charge < -0.3 is 4.90 Å². The van der Waals surface area contributed by atoms with E-state index in [1.54, 1.807) is 12.4 Å². The summed E-state index contributed by atoms with van der Waals surface area (Å²) in [5.74, 6) is -0.0260. The van der Waals surface area contributed by atoms with E-state index in [2.05, 4.69) is 19.9 Å². The van der Waals surface area contributed by atoms with Crippen LogP contribution in [0.3, 0.4) is 0 Å². The largest absolute Gasteiger partial charge is 0.335 e.